The van der Waals surface area contributed by atoms with Crippen LogP contribution in [0.5, 0.6) is 5.75 Å². The number of fused-ring (bicyclic) bond motifs is 1. The lowest BCUT2D eigenvalue weighted by molar-refractivity contribution is 0.296. The van der Waals surface area contributed by atoms with Crippen molar-refractivity contribution in [2.75, 3.05) is 13.7 Å². The Morgan fingerprint density at radius 3 is 3.06 bits per heavy atom. The van der Waals surface area contributed by atoms with Gasteiger partial charge in [0.05, 0.1) is 19.3 Å². The standard InChI is InChI=1S/C12H14N2O2/c1-4-16-9(2)10-8-14-6-5-13-12(14)7-11(10)15-3/h5-8H,2,4H2,1,3H3. The molecular formula is C12H14N2O2. The SMILES string of the molecule is C=C(OCC)c1cn2ccnc2cc1OC. The number of hydrogen-bond donors (Lipinski definition) is 0. The Morgan fingerprint density at radius 2 is 2.38 bits per heavy atom. The second kappa shape index (κ2) is 4.26. The van der Waals surface area contributed by atoms with E-state index in [0.717, 1.165) is 17.0 Å². The Kier molecular flexibility index (Phi) is 2.81. The van der Waals surface area contributed by atoms with E-state index in [9.17, 15) is 0 Å². The molecule has 0 saturated carbocycles. The highest BCUT2D eigenvalue weighted by Crippen LogP contribution is 2.26. The van der Waals surface area contributed by atoms with E-state index in [1.54, 1.807) is 13.3 Å². The Balaban J connectivity index is 2.52. The molecule has 0 spiro atoms. The van der Waals surface area contributed by atoms with Crippen LogP contribution in [0, 0.1) is 0 Å². The fourth-order valence-electron chi connectivity index (χ4n) is 1.57. The second-order valence-corrected chi connectivity index (χ2v) is 3.30. The van der Waals surface area contributed by atoms with Crippen LogP contribution in [0.15, 0.2) is 31.2 Å². The zero-order valence-electron chi connectivity index (χ0n) is 9.43. The quantitative estimate of drug-likeness (QED) is 0.739. The zero-order chi connectivity index (χ0) is 11.5. The summed E-state index contributed by atoms with van der Waals surface area (Å²) in [6.45, 7) is 6.39. The lowest BCUT2D eigenvalue weighted by Gasteiger charge is -2.11. The maximum atomic E-state index is 5.39. The van der Waals surface area contributed by atoms with Crippen LogP contribution in [0.2, 0.25) is 0 Å². The second-order valence-electron chi connectivity index (χ2n) is 3.30. The Bertz CT molecular complexity index is 517. The molecule has 2 aromatic rings. The maximum Gasteiger partial charge on any atom is 0.140 e. The predicted octanol–water partition coefficient (Wildman–Crippen LogP) is 2.35. The van der Waals surface area contributed by atoms with E-state index in [-0.39, 0.29) is 0 Å². The minimum Gasteiger partial charge on any atom is -0.496 e. The van der Waals surface area contributed by atoms with E-state index in [4.69, 9.17) is 9.47 Å². The van der Waals surface area contributed by atoms with Gasteiger partial charge in [0.1, 0.15) is 17.2 Å². The molecule has 2 heterocycles. The van der Waals surface area contributed by atoms with E-state index in [0.29, 0.717) is 12.4 Å². The first-order valence-electron chi connectivity index (χ1n) is 5.09. The highest BCUT2D eigenvalue weighted by atomic mass is 16.5. The molecule has 4 nitrogen and oxygen atoms in total. The molecule has 2 rings (SSSR count). The Hall–Kier alpha value is -1.97. The molecule has 0 aliphatic rings. The molecular weight excluding hydrogens is 204 g/mol. The molecule has 0 unspecified atom stereocenters. The van der Waals surface area contributed by atoms with E-state index in [1.165, 1.54) is 0 Å². The number of rotatable bonds is 4. The first kappa shape index (κ1) is 10.5. The van der Waals surface area contributed by atoms with Gasteiger partial charge in [-0.2, -0.15) is 0 Å². The average molecular weight is 218 g/mol. The van der Waals surface area contributed by atoms with Crippen molar-refractivity contribution in [2.45, 2.75) is 6.92 Å². The minimum absolute atomic E-state index is 0.587. The topological polar surface area (TPSA) is 35.8 Å². The predicted molar refractivity (Wildman–Crippen MR) is 62.4 cm³/mol. The van der Waals surface area contributed by atoms with Gasteiger partial charge in [-0.1, -0.05) is 6.58 Å². The maximum absolute atomic E-state index is 5.39. The summed E-state index contributed by atoms with van der Waals surface area (Å²) in [6, 6.07) is 1.86. The molecule has 0 amide bonds. The normalized spacial score (nSPS) is 10.4. The van der Waals surface area contributed by atoms with E-state index >= 15 is 0 Å². The number of methoxy groups -OCH3 is 1. The molecule has 0 fully saturated rings. The van der Waals surface area contributed by atoms with Crippen molar-refractivity contribution < 1.29 is 9.47 Å². The van der Waals surface area contributed by atoms with Crippen LogP contribution >= 0.6 is 0 Å². The molecule has 0 N–H and O–H groups in total. The molecule has 0 aromatic carbocycles. The fraction of sp³-hybridized carbons (Fsp3) is 0.250. The van der Waals surface area contributed by atoms with Crippen molar-refractivity contribution in [3.8, 4) is 5.75 Å². The number of hydrogen-bond acceptors (Lipinski definition) is 3. The largest absolute Gasteiger partial charge is 0.496 e. The van der Waals surface area contributed by atoms with Gasteiger partial charge in [0.15, 0.2) is 0 Å². The zero-order valence-corrected chi connectivity index (χ0v) is 9.43. The van der Waals surface area contributed by atoms with Gasteiger partial charge in [-0.25, -0.2) is 4.98 Å². The number of aromatic nitrogens is 2. The lowest BCUT2D eigenvalue weighted by Crippen LogP contribution is -1.97. The van der Waals surface area contributed by atoms with Gasteiger partial charge in [0.2, 0.25) is 0 Å². The third-order valence-corrected chi connectivity index (χ3v) is 2.33. The highest BCUT2D eigenvalue weighted by molar-refractivity contribution is 5.66. The minimum atomic E-state index is 0.587. The van der Waals surface area contributed by atoms with Crippen molar-refractivity contribution in [3.05, 3.63) is 36.8 Å². The van der Waals surface area contributed by atoms with E-state index < -0.39 is 0 Å². The van der Waals surface area contributed by atoms with Crippen molar-refractivity contribution in [1.82, 2.24) is 9.38 Å². The van der Waals surface area contributed by atoms with Crippen molar-refractivity contribution in [2.24, 2.45) is 0 Å². The van der Waals surface area contributed by atoms with Crippen molar-refractivity contribution >= 4 is 11.4 Å². The van der Waals surface area contributed by atoms with E-state index in [1.807, 2.05) is 29.8 Å². The first-order chi connectivity index (χ1) is 7.76. The lowest BCUT2D eigenvalue weighted by atomic mass is 10.2. The van der Waals surface area contributed by atoms with Crippen LogP contribution in [-0.4, -0.2) is 23.1 Å². The van der Waals surface area contributed by atoms with Gasteiger partial charge in [0.25, 0.3) is 0 Å². The molecule has 0 saturated heterocycles. The van der Waals surface area contributed by atoms with E-state index in [2.05, 4.69) is 11.6 Å². The first-order valence-corrected chi connectivity index (χ1v) is 5.09. The summed E-state index contributed by atoms with van der Waals surface area (Å²) >= 11 is 0. The van der Waals surface area contributed by atoms with Crippen LogP contribution in [0.3, 0.4) is 0 Å². The third-order valence-electron chi connectivity index (χ3n) is 2.33. The monoisotopic (exact) mass is 218 g/mol. The Labute approximate surface area is 94.1 Å². The van der Waals surface area contributed by atoms with Crippen LogP contribution < -0.4 is 4.74 Å². The average Bonchev–Trinajstić information content (AvgIpc) is 2.74. The molecule has 0 bridgehead atoms. The van der Waals surface area contributed by atoms with Gasteiger partial charge in [0, 0.05) is 24.7 Å². The molecule has 0 aliphatic carbocycles. The van der Waals surface area contributed by atoms with Crippen molar-refractivity contribution in [1.29, 1.82) is 0 Å². The summed E-state index contributed by atoms with van der Waals surface area (Å²) in [5.41, 5.74) is 1.68. The molecule has 16 heavy (non-hydrogen) atoms. The summed E-state index contributed by atoms with van der Waals surface area (Å²) in [4.78, 5) is 4.19. The Morgan fingerprint density at radius 1 is 1.56 bits per heavy atom. The van der Waals surface area contributed by atoms with Crippen LogP contribution in [0.1, 0.15) is 12.5 Å². The van der Waals surface area contributed by atoms with Crippen LogP contribution in [-0.2, 0) is 4.74 Å². The molecule has 4 heteroatoms. The number of pyridine rings is 1. The third kappa shape index (κ3) is 1.74. The number of ether oxygens (including phenoxy) is 2. The summed E-state index contributed by atoms with van der Waals surface area (Å²) in [7, 11) is 1.62. The van der Waals surface area contributed by atoms with Crippen LogP contribution in [0.4, 0.5) is 0 Å². The number of imidazole rings is 1. The highest BCUT2D eigenvalue weighted by Gasteiger charge is 2.10. The fourth-order valence-corrected chi connectivity index (χ4v) is 1.57. The molecule has 0 atom stereocenters. The van der Waals surface area contributed by atoms with Gasteiger partial charge in [-0.05, 0) is 6.92 Å². The van der Waals surface area contributed by atoms with Gasteiger partial charge < -0.3 is 13.9 Å². The molecule has 0 radical (unpaired) electrons. The summed E-state index contributed by atoms with van der Waals surface area (Å²) in [6.07, 6.45) is 5.51. The summed E-state index contributed by atoms with van der Waals surface area (Å²) in [5, 5.41) is 0. The molecule has 0 aliphatic heterocycles. The van der Waals surface area contributed by atoms with Gasteiger partial charge in [-0.3, -0.25) is 0 Å². The summed E-state index contributed by atoms with van der Waals surface area (Å²) in [5.74, 6) is 1.33. The molecule has 84 valence electrons. The smallest absolute Gasteiger partial charge is 0.140 e. The van der Waals surface area contributed by atoms with Gasteiger partial charge in [-0.15, -0.1) is 0 Å². The summed E-state index contributed by atoms with van der Waals surface area (Å²) < 4.78 is 12.6. The molecule has 2 aromatic heterocycles. The van der Waals surface area contributed by atoms with Crippen molar-refractivity contribution in [3.63, 3.8) is 0 Å². The number of nitrogens with zero attached hydrogens (tertiary/aromatic N) is 2. The van der Waals surface area contributed by atoms with Gasteiger partial charge >= 0.3 is 0 Å². The van der Waals surface area contributed by atoms with Crippen LogP contribution in [0.25, 0.3) is 11.4 Å².